The normalized spacial score (nSPS) is 15.1. The SMILES string of the molecule is COC(C)C(NN)c1cc2cccc(F)c2o1. The van der Waals surface area contributed by atoms with E-state index in [4.69, 9.17) is 15.0 Å². The van der Waals surface area contributed by atoms with E-state index in [9.17, 15) is 4.39 Å². The summed E-state index contributed by atoms with van der Waals surface area (Å²) in [5.74, 6) is 5.63. The first kappa shape index (κ1) is 12.0. The van der Waals surface area contributed by atoms with Crippen LogP contribution in [0.2, 0.25) is 0 Å². The lowest BCUT2D eigenvalue weighted by Gasteiger charge is -2.19. The van der Waals surface area contributed by atoms with E-state index >= 15 is 0 Å². The molecule has 0 saturated heterocycles. The smallest absolute Gasteiger partial charge is 0.169 e. The van der Waals surface area contributed by atoms with E-state index in [2.05, 4.69) is 5.43 Å². The van der Waals surface area contributed by atoms with Crippen molar-refractivity contribution in [2.45, 2.75) is 19.1 Å². The molecule has 2 unspecified atom stereocenters. The van der Waals surface area contributed by atoms with E-state index < -0.39 is 0 Å². The molecule has 0 bridgehead atoms. The number of para-hydroxylation sites is 1. The van der Waals surface area contributed by atoms with Crippen LogP contribution in [0.4, 0.5) is 4.39 Å². The van der Waals surface area contributed by atoms with Gasteiger partial charge in [-0.2, -0.15) is 0 Å². The molecule has 1 aromatic carbocycles. The van der Waals surface area contributed by atoms with Crippen molar-refractivity contribution in [1.82, 2.24) is 5.43 Å². The lowest BCUT2D eigenvalue weighted by atomic mass is 10.1. The van der Waals surface area contributed by atoms with Gasteiger partial charge in [0.05, 0.1) is 6.10 Å². The van der Waals surface area contributed by atoms with Gasteiger partial charge in [0, 0.05) is 12.5 Å². The molecule has 0 aliphatic rings. The monoisotopic (exact) mass is 238 g/mol. The molecule has 0 amide bonds. The molecule has 4 nitrogen and oxygen atoms in total. The highest BCUT2D eigenvalue weighted by molar-refractivity contribution is 5.78. The van der Waals surface area contributed by atoms with Gasteiger partial charge in [-0.15, -0.1) is 0 Å². The number of ether oxygens (including phenoxy) is 1. The summed E-state index contributed by atoms with van der Waals surface area (Å²) in [6.45, 7) is 1.86. The van der Waals surface area contributed by atoms with Crippen LogP contribution in [-0.2, 0) is 4.74 Å². The molecule has 92 valence electrons. The second kappa shape index (κ2) is 4.83. The topological polar surface area (TPSA) is 60.4 Å². The summed E-state index contributed by atoms with van der Waals surface area (Å²) in [7, 11) is 1.58. The van der Waals surface area contributed by atoms with Crippen LogP contribution in [0, 0.1) is 5.82 Å². The summed E-state index contributed by atoms with van der Waals surface area (Å²) < 4.78 is 24.1. The van der Waals surface area contributed by atoms with Gasteiger partial charge < -0.3 is 9.15 Å². The zero-order chi connectivity index (χ0) is 12.4. The maximum atomic E-state index is 13.5. The third kappa shape index (κ3) is 2.17. The van der Waals surface area contributed by atoms with Crippen molar-refractivity contribution in [3.63, 3.8) is 0 Å². The number of nitrogens with one attached hydrogen (secondary N) is 1. The van der Waals surface area contributed by atoms with Crippen molar-refractivity contribution in [3.8, 4) is 0 Å². The minimum absolute atomic E-state index is 0.177. The summed E-state index contributed by atoms with van der Waals surface area (Å²) in [5, 5.41) is 0.712. The van der Waals surface area contributed by atoms with E-state index in [1.165, 1.54) is 6.07 Å². The van der Waals surface area contributed by atoms with Crippen molar-refractivity contribution in [3.05, 3.63) is 35.8 Å². The Morgan fingerprint density at radius 1 is 1.47 bits per heavy atom. The molecule has 1 heterocycles. The summed E-state index contributed by atoms with van der Waals surface area (Å²) in [4.78, 5) is 0. The first-order chi connectivity index (χ1) is 8.17. The number of benzene rings is 1. The second-order valence-electron chi connectivity index (χ2n) is 3.89. The summed E-state index contributed by atoms with van der Waals surface area (Å²) in [6.07, 6.45) is -0.177. The van der Waals surface area contributed by atoms with Crippen molar-refractivity contribution >= 4 is 11.0 Å². The number of rotatable bonds is 4. The maximum Gasteiger partial charge on any atom is 0.169 e. The van der Waals surface area contributed by atoms with Gasteiger partial charge in [0.2, 0.25) is 0 Å². The lowest BCUT2D eigenvalue weighted by molar-refractivity contribution is 0.0760. The molecule has 0 radical (unpaired) electrons. The van der Waals surface area contributed by atoms with Crippen molar-refractivity contribution in [1.29, 1.82) is 0 Å². The molecule has 5 heteroatoms. The van der Waals surface area contributed by atoms with Gasteiger partial charge in [-0.3, -0.25) is 5.84 Å². The first-order valence-corrected chi connectivity index (χ1v) is 5.34. The quantitative estimate of drug-likeness (QED) is 0.632. The molecule has 0 aliphatic heterocycles. The van der Waals surface area contributed by atoms with Gasteiger partial charge >= 0.3 is 0 Å². The fourth-order valence-electron chi connectivity index (χ4n) is 1.79. The Balaban J connectivity index is 2.44. The molecule has 2 rings (SSSR count). The Morgan fingerprint density at radius 2 is 2.24 bits per heavy atom. The Kier molecular flexibility index (Phi) is 3.42. The number of hydrogen-bond donors (Lipinski definition) is 2. The number of nitrogens with two attached hydrogens (primary N) is 1. The van der Waals surface area contributed by atoms with Crippen LogP contribution < -0.4 is 11.3 Å². The van der Waals surface area contributed by atoms with Gasteiger partial charge in [0.25, 0.3) is 0 Å². The number of hydrogen-bond acceptors (Lipinski definition) is 4. The van der Waals surface area contributed by atoms with Crippen LogP contribution in [-0.4, -0.2) is 13.2 Å². The van der Waals surface area contributed by atoms with Crippen molar-refractivity contribution in [2.24, 2.45) is 5.84 Å². The lowest BCUT2D eigenvalue weighted by Crippen LogP contribution is -2.35. The zero-order valence-corrected chi connectivity index (χ0v) is 9.74. The van der Waals surface area contributed by atoms with Crippen molar-refractivity contribution in [2.75, 3.05) is 7.11 Å². The molecule has 1 aromatic heterocycles. The zero-order valence-electron chi connectivity index (χ0n) is 9.74. The minimum atomic E-state index is -0.380. The summed E-state index contributed by atoms with van der Waals surface area (Å²) >= 11 is 0. The number of hydrazine groups is 1. The summed E-state index contributed by atoms with van der Waals surface area (Å²) in [6, 6.07) is 6.24. The molecule has 2 atom stereocenters. The number of fused-ring (bicyclic) bond motifs is 1. The highest BCUT2D eigenvalue weighted by Gasteiger charge is 2.22. The van der Waals surface area contributed by atoms with Gasteiger partial charge in [-0.05, 0) is 19.1 Å². The largest absolute Gasteiger partial charge is 0.456 e. The summed E-state index contributed by atoms with van der Waals surface area (Å²) in [5.41, 5.74) is 2.85. The molecule has 0 fully saturated rings. The van der Waals surface area contributed by atoms with Gasteiger partial charge in [-0.25, -0.2) is 9.82 Å². The van der Waals surface area contributed by atoms with E-state index in [0.717, 1.165) is 0 Å². The molecule has 3 N–H and O–H groups in total. The van der Waals surface area contributed by atoms with Gasteiger partial charge in [0.1, 0.15) is 11.8 Å². The Labute approximate surface area is 98.5 Å². The van der Waals surface area contributed by atoms with Crippen LogP contribution >= 0.6 is 0 Å². The molecular formula is C12H15FN2O2. The van der Waals surface area contributed by atoms with Gasteiger partial charge in [0.15, 0.2) is 11.4 Å². The minimum Gasteiger partial charge on any atom is -0.456 e. The Morgan fingerprint density at radius 3 is 2.82 bits per heavy atom. The predicted octanol–water partition coefficient (Wildman–Crippen LogP) is 2.11. The average molecular weight is 238 g/mol. The fraction of sp³-hybridized carbons (Fsp3) is 0.333. The number of furan rings is 1. The molecule has 0 spiro atoms. The van der Waals surface area contributed by atoms with Gasteiger partial charge in [-0.1, -0.05) is 12.1 Å². The van der Waals surface area contributed by atoms with Crippen LogP contribution in [0.5, 0.6) is 0 Å². The highest BCUT2D eigenvalue weighted by Crippen LogP contribution is 2.27. The molecule has 0 saturated carbocycles. The molecular weight excluding hydrogens is 223 g/mol. The maximum absolute atomic E-state index is 13.5. The van der Waals surface area contributed by atoms with Crippen molar-refractivity contribution < 1.29 is 13.5 Å². The Bertz CT molecular complexity index is 512. The predicted molar refractivity (Wildman–Crippen MR) is 62.7 cm³/mol. The molecule has 0 aliphatic carbocycles. The number of methoxy groups -OCH3 is 1. The highest BCUT2D eigenvalue weighted by atomic mass is 19.1. The standard InChI is InChI=1S/C12H15FN2O2/c1-7(16-2)11(15-14)10-6-8-4-3-5-9(13)12(8)17-10/h3-7,11,15H,14H2,1-2H3. The van der Waals surface area contributed by atoms with Crippen LogP contribution in [0.3, 0.4) is 0 Å². The van der Waals surface area contributed by atoms with E-state index in [1.54, 1.807) is 25.3 Å². The number of halogens is 1. The molecule has 2 aromatic rings. The molecule has 17 heavy (non-hydrogen) atoms. The van der Waals surface area contributed by atoms with Crippen LogP contribution in [0.1, 0.15) is 18.7 Å². The second-order valence-corrected chi connectivity index (χ2v) is 3.89. The van der Waals surface area contributed by atoms with Crippen LogP contribution in [0.25, 0.3) is 11.0 Å². The van der Waals surface area contributed by atoms with E-state index in [-0.39, 0.29) is 23.5 Å². The van der Waals surface area contributed by atoms with E-state index in [1.807, 2.05) is 6.92 Å². The fourth-order valence-corrected chi connectivity index (χ4v) is 1.79. The average Bonchev–Trinajstić information content (AvgIpc) is 2.75. The Hall–Kier alpha value is -1.43. The first-order valence-electron chi connectivity index (χ1n) is 5.34. The van der Waals surface area contributed by atoms with E-state index in [0.29, 0.717) is 11.1 Å². The third-order valence-electron chi connectivity index (χ3n) is 2.84. The third-order valence-corrected chi connectivity index (χ3v) is 2.84. The van der Waals surface area contributed by atoms with Crippen LogP contribution in [0.15, 0.2) is 28.7 Å².